The molecule has 0 aromatic carbocycles. The smallest absolute Gasteiger partial charge is 0.175 e. The van der Waals surface area contributed by atoms with Crippen molar-refractivity contribution >= 4 is 27.2 Å². The first-order valence-electron chi connectivity index (χ1n) is 7.91. The van der Waals surface area contributed by atoms with Gasteiger partial charge in [-0.3, -0.25) is 0 Å². The van der Waals surface area contributed by atoms with E-state index in [1.165, 1.54) is 25.5 Å². The summed E-state index contributed by atoms with van der Waals surface area (Å²) in [4.78, 5) is 0.469. The number of sulfone groups is 1. The van der Waals surface area contributed by atoms with Gasteiger partial charge in [0.1, 0.15) is 0 Å². The Morgan fingerprint density at radius 1 is 1.27 bits per heavy atom. The third-order valence-electron chi connectivity index (χ3n) is 5.97. The fourth-order valence-electron chi connectivity index (χ4n) is 4.55. The van der Waals surface area contributed by atoms with Crippen molar-refractivity contribution in [3.05, 3.63) is 23.1 Å². The van der Waals surface area contributed by atoms with E-state index in [-0.39, 0.29) is 5.54 Å². The lowest BCUT2D eigenvalue weighted by molar-refractivity contribution is 0.00173. The maximum Gasteiger partial charge on any atom is 0.175 e. The first-order valence-corrected chi connectivity index (χ1v) is 10.2. The van der Waals surface area contributed by atoms with Crippen LogP contribution in [0.1, 0.15) is 44.9 Å². The molecule has 1 unspecified atom stereocenters. The number of fused-ring (bicyclic) bond motifs is 3. The maximum atomic E-state index is 11.6. The Balaban J connectivity index is 1.71. The highest BCUT2D eigenvalue weighted by atomic mass is 32.2. The van der Waals surface area contributed by atoms with Gasteiger partial charge in [-0.25, -0.2) is 8.42 Å². The molecule has 1 atom stereocenters. The second-order valence-electron chi connectivity index (χ2n) is 7.21. The average Bonchev–Trinajstić information content (AvgIpc) is 2.47. The highest BCUT2D eigenvalue weighted by Gasteiger charge is 2.51. The first-order chi connectivity index (χ1) is 10.2. The van der Waals surface area contributed by atoms with Crippen molar-refractivity contribution in [3.63, 3.8) is 0 Å². The minimum Gasteiger partial charge on any atom is -0.376 e. The van der Waals surface area contributed by atoms with Crippen molar-refractivity contribution in [2.75, 3.05) is 6.26 Å². The summed E-state index contributed by atoms with van der Waals surface area (Å²) < 4.78 is 23.2. The van der Waals surface area contributed by atoms with Crippen LogP contribution in [0.5, 0.6) is 0 Å². The summed E-state index contributed by atoms with van der Waals surface area (Å²) in [6.07, 6.45) is 14.8. The van der Waals surface area contributed by atoms with Crippen LogP contribution in [0.15, 0.2) is 23.1 Å². The molecule has 3 N–H and O–H groups in total. The molecule has 0 amide bonds. The zero-order valence-electron chi connectivity index (χ0n) is 13.0. The fraction of sp³-hybridized carbons (Fsp3) is 0.688. The normalized spacial score (nSPS) is 37.7. The van der Waals surface area contributed by atoms with Gasteiger partial charge in [-0.2, -0.15) is 0 Å². The van der Waals surface area contributed by atoms with Crippen LogP contribution < -0.4 is 11.1 Å². The van der Waals surface area contributed by atoms with Gasteiger partial charge in [0.15, 0.2) is 14.9 Å². The average molecular weight is 341 g/mol. The van der Waals surface area contributed by atoms with Gasteiger partial charge in [0.2, 0.25) is 0 Å². The minimum atomic E-state index is -3.08. The van der Waals surface area contributed by atoms with E-state index in [1.807, 2.05) is 12.2 Å². The molecule has 0 aromatic rings. The molecular weight excluding hydrogens is 316 g/mol. The third-order valence-corrected chi connectivity index (χ3v) is 7.23. The number of allylic oxidation sites excluding steroid dienone is 3. The summed E-state index contributed by atoms with van der Waals surface area (Å²) in [6, 6.07) is 0. The van der Waals surface area contributed by atoms with E-state index >= 15 is 0 Å². The number of thiocarbonyl (C=S) groups is 1. The molecule has 3 fully saturated rings. The standard InChI is InChI=1S/C16H24N2O2S2/c1-22(19,20)13-4-2-12(3-5-13)15-6-9-16(10-7-15,11-8-15)18-14(17)21/h2,4-5,12H,3,6-11H2,1H3,(H3,17,18,21). The number of hydrogen-bond acceptors (Lipinski definition) is 3. The van der Waals surface area contributed by atoms with E-state index in [9.17, 15) is 8.42 Å². The molecule has 122 valence electrons. The lowest BCUT2D eigenvalue weighted by atomic mass is 9.52. The molecule has 4 aliphatic rings. The molecule has 22 heavy (non-hydrogen) atoms. The number of rotatable bonds is 3. The number of nitrogens with one attached hydrogen (secondary N) is 1. The molecular formula is C16H24N2O2S2. The van der Waals surface area contributed by atoms with Gasteiger partial charge < -0.3 is 11.1 Å². The predicted octanol–water partition coefficient (Wildman–Crippen LogP) is 2.42. The number of hydrogen-bond donors (Lipinski definition) is 2. The SMILES string of the molecule is CS(=O)(=O)C1=CCC(C23CCC(NC(N)=S)(CC2)CC3)C=C1. The second-order valence-corrected chi connectivity index (χ2v) is 9.67. The fourth-order valence-corrected chi connectivity index (χ4v) is 5.49. The van der Waals surface area contributed by atoms with Crippen LogP contribution in [0.2, 0.25) is 0 Å². The molecule has 4 aliphatic carbocycles. The molecule has 0 aliphatic heterocycles. The van der Waals surface area contributed by atoms with Gasteiger partial charge in [0, 0.05) is 11.8 Å². The summed E-state index contributed by atoms with van der Waals surface area (Å²) in [5, 5.41) is 3.74. The summed E-state index contributed by atoms with van der Waals surface area (Å²) in [5.41, 5.74) is 6.12. The summed E-state index contributed by atoms with van der Waals surface area (Å²) in [7, 11) is -3.08. The van der Waals surface area contributed by atoms with Crippen LogP contribution in [-0.4, -0.2) is 25.3 Å². The van der Waals surface area contributed by atoms with Crippen molar-refractivity contribution in [2.45, 2.75) is 50.5 Å². The molecule has 4 nitrogen and oxygen atoms in total. The van der Waals surface area contributed by atoms with Crippen LogP contribution in [0.4, 0.5) is 0 Å². The molecule has 0 radical (unpaired) electrons. The minimum absolute atomic E-state index is 0.111. The Bertz CT molecular complexity index is 625. The Morgan fingerprint density at radius 2 is 1.86 bits per heavy atom. The van der Waals surface area contributed by atoms with E-state index in [0.717, 1.165) is 25.7 Å². The van der Waals surface area contributed by atoms with E-state index < -0.39 is 9.84 Å². The van der Waals surface area contributed by atoms with E-state index in [2.05, 4.69) is 11.4 Å². The zero-order chi connectivity index (χ0) is 16.0. The number of nitrogens with two attached hydrogens (primary N) is 1. The van der Waals surface area contributed by atoms with Crippen LogP contribution in [-0.2, 0) is 9.84 Å². The van der Waals surface area contributed by atoms with Crippen LogP contribution in [0.3, 0.4) is 0 Å². The van der Waals surface area contributed by atoms with Gasteiger partial charge in [-0.1, -0.05) is 12.2 Å². The zero-order valence-corrected chi connectivity index (χ0v) is 14.6. The van der Waals surface area contributed by atoms with Crippen LogP contribution >= 0.6 is 12.2 Å². The molecule has 0 spiro atoms. The lowest BCUT2D eigenvalue weighted by Gasteiger charge is -2.56. The van der Waals surface area contributed by atoms with Gasteiger partial charge in [-0.05, 0) is 74.6 Å². The van der Waals surface area contributed by atoms with E-state index in [0.29, 0.717) is 21.4 Å². The maximum absolute atomic E-state index is 11.6. The van der Waals surface area contributed by atoms with Crippen LogP contribution in [0, 0.1) is 11.3 Å². The van der Waals surface area contributed by atoms with Gasteiger partial charge in [0.25, 0.3) is 0 Å². The van der Waals surface area contributed by atoms with E-state index in [4.69, 9.17) is 18.0 Å². The van der Waals surface area contributed by atoms with Gasteiger partial charge in [0.05, 0.1) is 4.91 Å². The molecule has 2 bridgehead atoms. The third kappa shape index (κ3) is 2.83. The van der Waals surface area contributed by atoms with Gasteiger partial charge in [-0.15, -0.1) is 0 Å². The van der Waals surface area contributed by atoms with Crippen LogP contribution in [0.25, 0.3) is 0 Å². The predicted molar refractivity (Wildman–Crippen MR) is 93.0 cm³/mol. The topological polar surface area (TPSA) is 72.2 Å². The Morgan fingerprint density at radius 3 is 2.27 bits per heavy atom. The van der Waals surface area contributed by atoms with Crippen molar-refractivity contribution in [2.24, 2.45) is 17.1 Å². The molecule has 0 heterocycles. The van der Waals surface area contributed by atoms with Crippen molar-refractivity contribution in [1.29, 1.82) is 0 Å². The molecule has 6 heteroatoms. The van der Waals surface area contributed by atoms with Crippen molar-refractivity contribution in [1.82, 2.24) is 5.32 Å². The summed E-state index contributed by atoms with van der Waals surface area (Å²) >= 11 is 5.02. The van der Waals surface area contributed by atoms with Crippen molar-refractivity contribution < 1.29 is 8.42 Å². The Kier molecular flexibility index (Phi) is 3.88. The lowest BCUT2D eigenvalue weighted by Crippen LogP contribution is -2.58. The quantitative estimate of drug-likeness (QED) is 0.772. The second kappa shape index (κ2) is 5.34. The van der Waals surface area contributed by atoms with E-state index in [1.54, 1.807) is 0 Å². The molecule has 3 saturated carbocycles. The first kappa shape index (κ1) is 16.0. The van der Waals surface area contributed by atoms with Crippen molar-refractivity contribution in [3.8, 4) is 0 Å². The molecule has 0 aromatic heterocycles. The largest absolute Gasteiger partial charge is 0.376 e. The Hall–Kier alpha value is -0.880. The van der Waals surface area contributed by atoms with Gasteiger partial charge >= 0.3 is 0 Å². The molecule has 0 saturated heterocycles. The monoisotopic (exact) mass is 340 g/mol. The highest BCUT2D eigenvalue weighted by Crippen LogP contribution is 2.57. The summed E-state index contributed by atoms with van der Waals surface area (Å²) in [6.45, 7) is 0. The highest BCUT2D eigenvalue weighted by molar-refractivity contribution is 7.94. The Labute approximate surface area is 138 Å². The summed E-state index contributed by atoms with van der Waals surface area (Å²) in [5.74, 6) is 0.459. The molecule has 4 rings (SSSR count).